The number of rotatable bonds is 4. The first kappa shape index (κ1) is 16.1. The molecule has 0 aliphatic rings. The van der Waals surface area contributed by atoms with Gasteiger partial charge < -0.3 is 10.6 Å². The molecule has 2 aromatic rings. The number of hydrogen-bond acceptors (Lipinski definition) is 2. The Bertz CT molecular complexity index is 722. The molecule has 4 nitrogen and oxygen atoms in total. The second kappa shape index (κ2) is 7.13. The van der Waals surface area contributed by atoms with Gasteiger partial charge in [0.1, 0.15) is 18.1 Å². The third-order valence-corrected chi connectivity index (χ3v) is 3.13. The van der Waals surface area contributed by atoms with Crippen molar-refractivity contribution in [3.63, 3.8) is 0 Å². The lowest BCUT2D eigenvalue weighted by Crippen LogP contribution is -2.21. The maximum absolute atomic E-state index is 13.4. The average Bonchev–Trinajstić information content (AvgIpc) is 2.41. The molecule has 0 aliphatic heterocycles. The lowest BCUT2D eigenvalue weighted by Gasteiger charge is -2.07. The zero-order valence-corrected chi connectivity index (χ0v) is 12.8. The van der Waals surface area contributed by atoms with E-state index in [-0.39, 0.29) is 5.69 Å². The maximum atomic E-state index is 13.4. The summed E-state index contributed by atoms with van der Waals surface area (Å²) < 4.78 is 26.9. The Kier molecular flexibility index (Phi) is 5.21. The van der Waals surface area contributed by atoms with Crippen molar-refractivity contribution >= 4 is 39.1 Å². The van der Waals surface area contributed by atoms with Crippen LogP contribution in [-0.4, -0.2) is 11.8 Å². The summed E-state index contributed by atoms with van der Waals surface area (Å²) in [6.45, 7) is 0. The highest BCUT2D eigenvalue weighted by atomic mass is 79.9. The van der Waals surface area contributed by atoms with Crippen LogP contribution in [0.25, 0.3) is 0 Å². The van der Waals surface area contributed by atoms with Gasteiger partial charge in [0.25, 0.3) is 0 Å². The molecule has 0 radical (unpaired) electrons. The van der Waals surface area contributed by atoms with Crippen molar-refractivity contribution in [2.75, 3.05) is 10.6 Å². The van der Waals surface area contributed by atoms with Crippen molar-refractivity contribution in [3.05, 3.63) is 58.6 Å². The molecule has 114 valence electrons. The summed E-state index contributed by atoms with van der Waals surface area (Å²) in [6.07, 6.45) is -0.483. The van der Waals surface area contributed by atoms with Crippen LogP contribution in [0.4, 0.5) is 20.2 Å². The van der Waals surface area contributed by atoms with Gasteiger partial charge in [0, 0.05) is 16.2 Å². The SMILES string of the molecule is O=C(CC(=O)Nc1ccc(F)cc1F)Nc1cccc(Br)c1. The van der Waals surface area contributed by atoms with Gasteiger partial charge >= 0.3 is 0 Å². The molecule has 0 saturated carbocycles. The van der Waals surface area contributed by atoms with Gasteiger partial charge in [0.15, 0.2) is 0 Å². The predicted octanol–water partition coefficient (Wildman–Crippen LogP) is 3.69. The van der Waals surface area contributed by atoms with Crippen LogP contribution < -0.4 is 10.6 Å². The standard InChI is InChI=1S/C15H11BrF2N2O2/c16-9-2-1-3-11(6-9)19-14(21)8-15(22)20-13-5-4-10(17)7-12(13)18/h1-7H,8H2,(H,19,21)(H,20,22). The van der Waals surface area contributed by atoms with E-state index in [0.29, 0.717) is 11.8 Å². The summed E-state index contributed by atoms with van der Waals surface area (Å²) in [7, 11) is 0. The van der Waals surface area contributed by atoms with Crippen LogP contribution in [0.15, 0.2) is 46.9 Å². The van der Waals surface area contributed by atoms with Crippen molar-refractivity contribution in [3.8, 4) is 0 Å². The molecule has 0 fully saturated rings. The third-order valence-electron chi connectivity index (χ3n) is 2.63. The van der Waals surface area contributed by atoms with Crippen LogP contribution in [0.5, 0.6) is 0 Å². The minimum absolute atomic E-state index is 0.179. The molecule has 2 N–H and O–H groups in total. The normalized spacial score (nSPS) is 10.1. The summed E-state index contributed by atoms with van der Waals surface area (Å²) in [6, 6.07) is 9.62. The highest BCUT2D eigenvalue weighted by molar-refractivity contribution is 9.10. The van der Waals surface area contributed by atoms with Gasteiger partial charge in [-0.1, -0.05) is 22.0 Å². The molecule has 2 rings (SSSR count). The van der Waals surface area contributed by atoms with Crippen molar-refractivity contribution in [2.24, 2.45) is 0 Å². The molecular weight excluding hydrogens is 358 g/mol. The minimum Gasteiger partial charge on any atom is -0.326 e. The molecule has 2 aromatic carbocycles. The molecule has 0 saturated heterocycles. The number of anilines is 2. The van der Waals surface area contributed by atoms with E-state index in [0.717, 1.165) is 16.6 Å². The molecule has 0 aliphatic carbocycles. The molecule has 22 heavy (non-hydrogen) atoms. The van der Waals surface area contributed by atoms with Gasteiger partial charge in [0.05, 0.1) is 5.69 Å². The van der Waals surface area contributed by atoms with Crippen molar-refractivity contribution in [1.29, 1.82) is 0 Å². The van der Waals surface area contributed by atoms with Gasteiger partial charge in [-0.25, -0.2) is 8.78 Å². The fraction of sp³-hybridized carbons (Fsp3) is 0.0667. The van der Waals surface area contributed by atoms with Crippen LogP contribution in [0, 0.1) is 11.6 Å². The zero-order valence-electron chi connectivity index (χ0n) is 11.2. The first-order valence-electron chi connectivity index (χ1n) is 6.24. The topological polar surface area (TPSA) is 58.2 Å². The maximum Gasteiger partial charge on any atom is 0.233 e. The number of hydrogen-bond donors (Lipinski definition) is 2. The van der Waals surface area contributed by atoms with E-state index in [1.807, 2.05) is 0 Å². The van der Waals surface area contributed by atoms with E-state index in [9.17, 15) is 18.4 Å². The smallest absolute Gasteiger partial charge is 0.233 e. The van der Waals surface area contributed by atoms with Crippen LogP contribution in [0.2, 0.25) is 0 Å². The Morgan fingerprint density at radius 3 is 2.41 bits per heavy atom. The number of nitrogens with one attached hydrogen (secondary N) is 2. The molecule has 7 heteroatoms. The van der Waals surface area contributed by atoms with E-state index in [4.69, 9.17) is 0 Å². The fourth-order valence-corrected chi connectivity index (χ4v) is 2.10. The summed E-state index contributed by atoms with van der Waals surface area (Å²) >= 11 is 3.26. The van der Waals surface area contributed by atoms with Crippen molar-refractivity contribution in [1.82, 2.24) is 0 Å². The Balaban J connectivity index is 1.92. The van der Waals surface area contributed by atoms with Gasteiger partial charge in [-0.3, -0.25) is 9.59 Å². The van der Waals surface area contributed by atoms with E-state index in [1.165, 1.54) is 0 Å². The van der Waals surface area contributed by atoms with E-state index >= 15 is 0 Å². The number of carbonyl (C=O) groups excluding carboxylic acids is 2. The Morgan fingerprint density at radius 2 is 1.73 bits per heavy atom. The minimum atomic E-state index is -0.902. The van der Waals surface area contributed by atoms with Gasteiger partial charge in [-0.2, -0.15) is 0 Å². The van der Waals surface area contributed by atoms with Gasteiger partial charge in [0.2, 0.25) is 11.8 Å². The molecular formula is C15H11BrF2N2O2. The highest BCUT2D eigenvalue weighted by Gasteiger charge is 2.12. The van der Waals surface area contributed by atoms with E-state index < -0.39 is 29.9 Å². The van der Waals surface area contributed by atoms with E-state index in [1.54, 1.807) is 24.3 Å². The van der Waals surface area contributed by atoms with Crippen molar-refractivity contribution in [2.45, 2.75) is 6.42 Å². The molecule has 0 bridgehead atoms. The number of carbonyl (C=O) groups is 2. The lowest BCUT2D eigenvalue weighted by atomic mass is 10.2. The summed E-state index contributed by atoms with van der Waals surface area (Å²) in [5.41, 5.74) is 0.349. The Morgan fingerprint density at radius 1 is 1.00 bits per heavy atom. The second-order valence-electron chi connectivity index (χ2n) is 4.41. The number of amides is 2. The fourth-order valence-electron chi connectivity index (χ4n) is 1.70. The van der Waals surface area contributed by atoms with Gasteiger partial charge in [-0.15, -0.1) is 0 Å². The lowest BCUT2D eigenvalue weighted by molar-refractivity contribution is -0.123. The molecule has 0 heterocycles. The van der Waals surface area contributed by atoms with Crippen LogP contribution >= 0.6 is 15.9 Å². The monoisotopic (exact) mass is 368 g/mol. The summed E-state index contributed by atoms with van der Waals surface area (Å²) in [5.74, 6) is -2.89. The van der Waals surface area contributed by atoms with E-state index in [2.05, 4.69) is 26.6 Å². The third kappa shape index (κ3) is 4.63. The first-order valence-corrected chi connectivity index (χ1v) is 7.03. The number of halogens is 3. The molecule has 0 unspecified atom stereocenters. The van der Waals surface area contributed by atoms with Crippen LogP contribution in [0.3, 0.4) is 0 Å². The first-order chi connectivity index (χ1) is 10.4. The highest BCUT2D eigenvalue weighted by Crippen LogP contribution is 2.17. The summed E-state index contributed by atoms with van der Waals surface area (Å²) in [5, 5.41) is 4.75. The Labute approximate surface area is 133 Å². The predicted molar refractivity (Wildman–Crippen MR) is 82.4 cm³/mol. The van der Waals surface area contributed by atoms with Crippen LogP contribution in [-0.2, 0) is 9.59 Å². The number of benzene rings is 2. The molecule has 0 atom stereocenters. The molecule has 2 amide bonds. The molecule has 0 spiro atoms. The second-order valence-corrected chi connectivity index (χ2v) is 5.32. The van der Waals surface area contributed by atoms with Crippen LogP contribution in [0.1, 0.15) is 6.42 Å². The largest absolute Gasteiger partial charge is 0.326 e. The van der Waals surface area contributed by atoms with Gasteiger partial charge in [-0.05, 0) is 30.3 Å². The Hall–Kier alpha value is -2.28. The quantitative estimate of drug-likeness (QED) is 0.808. The zero-order chi connectivity index (χ0) is 16.1. The van der Waals surface area contributed by atoms with Crippen molar-refractivity contribution < 1.29 is 18.4 Å². The molecule has 0 aromatic heterocycles. The average molecular weight is 369 g/mol. The summed E-state index contributed by atoms with van der Waals surface area (Å²) in [4.78, 5) is 23.4.